The van der Waals surface area contributed by atoms with Crippen molar-refractivity contribution < 1.29 is 9.53 Å². The number of carbonyl (C=O) groups is 1. The first-order valence-electron chi connectivity index (χ1n) is 9.16. The molecule has 1 unspecified atom stereocenters. The summed E-state index contributed by atoms with van der Waals surface area (Å²) in [7, 11) is 0. The molecule has 0 aliphatic rings. The highest BCUT2D eigenvalue weighted by molar-refractivity contribution is 6.35. The second kappa shape index (κ2) is 8.84. The second-order valence-electron chi connectivity index (χ2n) is 6.92. The third-order valence-corrected chi connectivity index (χ3v) is 4.96. The lowest BCUT2D eigenvalue weighted by Gasteiger charge is -2.29. The first-order chi connectivity index (χ1) is 13.8. The summed E-state index contributed by atoms with van der Waals surface area (Å²) in [6, 6.07) is 11.8. The van der Waals surface area contributed by atoms with Crippen LogP contribution in [0.5, 0.6) is 5.75 Å². The Morgan fingerprint density at radius 3 is 2.59 bits per heavy atom. The molecule has 0 saturated carbocycles. The van der Waals surface area contributed by atoms with Gasteiger partial charge in [-0.3, -0.25) is 9.59 Å². The van der Waals surface area contributed by atoms with Gasteiger partial charge in [0.2, 0.25) is 0 Å². The normalized spacial score (nSPS) is 12.2. The van der Waals surface area contributed by atoms with Crippen molar-refractivity contribution in [3.63, 3.8) is 0 Å². The van der Waals surface area contributed by atoms with Crippen LogP contribution in [0.4, 0.5) is 0 Å². The molecule has 1 amide bonds. The lowest BCUT2D eigenvalue weighted by Crippen LogP contribution is -2.44. The zero-order valence-corrected chi connectivity index (χ0v) is 17.8. The van der Waals surface area contributed by atoms with Gasteiger partial charge in [0.05, 0.1) is 22.5 Å². The third-order valence-electron chi connectivity index (χ3n) is 4.43. The molecule has 0 aliphatic carbocycles. The van der Waals surface area contributed by atoms with Crippen molar-refractivity contribution in [3.05, 3.63) is 68.7 Å². The Bertz CT molecular complexity index is 1100. The number of nitrogens with zero attached hydrogens (tertiary/aromatic N) is 2. The molecule has 0 aliphatic heterocycles. The first-order valence-corrected chi connectivity index (χ1v) is 9.92. The summed E-state index contributed by atoms with van der Waals surface area (Å²) in [6.07, 6.45) is -0.789. The molecule has 8 heteroatoms. The SMILES string of the molecule is CC(Oc1ccc(Cl)cc1Cl)C(=O)N(Cc1nc2ccccc2c(=O)[nH]1)C(C)C. The van der Waals surface area contributed by atoms with Crippen molar-refractivity contribution >= 4 is 40.0 Å². The van der Waals surface area contributed by atoms with Crippen LogP contribution in [0.3, 0.4) is 0 Å². The number of aromatic nitrogens is 2. The average molecular weight is 434 g/mol. The molecule has 0 fully saturated rings. The fourth-order valence-electron chi connectivity index (χ4n) is 2.93. The lowest BCUT2D eigenvalue weighted by molar-refractivity contribution is -0.140. The van der Waals surface area contributed by atoms with Crippen LogP contribution in [0.25, 0.3) is 10.9 Å². The predicted molar refractivity (Wildman–Crippen MR) is 115 cm³/mol. The lowest BCUT2D eigenvalue weighted by atomic mass is 10.2. The Balaban J connectivity index is 1.82. The van der Waals surface area contributed by atoms with E-state index in [4.69, 9.17) is 27.9 Å². The summed E-state index contributed by atoms with van der Waals surface area (Å²) in [4.78, 5) is 34.2. The number of benzene rings is 2. The van der Waals surface area contributed by atoms with Gasteiger partial charge in [0.25, 0.3) is 11.5 Å². The fourth-order valence-corrected chi connectivity index (χ4v) is 3.38. The summed E-state index contributed by atoms with van der Waals surface area (Å²) in [5.74, 6) is 0.534. The van der Waals surface area contributed by atoms with E-state index in [1.54, 1.807) is 48.2 Å². The molecule has 3 rings (SSSR count). The number of ether oxygens (including phenoxy) is 1. The van der Waals surface area contributed by atoms with Crippen LogP contribution in [0.2, 0.25) is 10.0 Å². The number of hydrogen-bond donors (Lipinski definition) is 1. The Kier molecular flexibility index (Phi) is 6.45. The maximum Gasteiger partial charge on any atom is 0.263 e. The van der Waals surface area contributed by atoms with Gasteiger partial charge in [-0.05, 0) is 51.1 Å². The Labute approximate surface area is 178 Å². The summed E-state index contributed by atoms with van der Waals surface area (Å²) in [5.41, 5.74) is 0.346. The molecule has 1 N–H and O–H groups in total. The summed E-state index contributed by atoms with van der Waals surface area (Å²) in [5, 5.41) is 1.32. The van der Waals surface area contributed by atoms with E-state index in [1.807, 2.05) is 19.9 Å². The van der Waals surface area contributed by atoms with E-state index < -0.39 is 6.10 Å². The maximum absolute atomic E-state index is 13.0. The Hall–Kier alpha value is -2.57. The smallest absolute Gasteiger partial charge is 0.263 e. The van der Waals surface area contributed by atoms with Gasteiger partial charge in [0.1, 0.15) is 11.6 Å². The highest BCUT2D eigenvalue weighted by Gasteiger charge is 2.26. The van der Waals surface area contributed by atoms with Gasteiger partial charge < -0.3 is 14.6 Å². The molecule has 152 valence electrons. The quantitative estimate of drug-likeness (QED) is 0.623. The van der Waals surface area contributed by atoms with Gasteiger partial charge in [-0.25, -0.2) is 4.98 Å². The molecular formula is C21H21Cl2N3O3. The van der Waals surface area contributed by atoms with E-state index in [0.29, 0.717) is 32.5 Å². The second-order valence-corrected chi connectivity index (χ2v) is 7.77. The van der Waals surface area contributed by atoms with Crippen LogP contribution in [0, 0.1) is 0 Å². The van der Waals surface area contributed by atoms with Gasteiger partial charge in [-0.2, -0.15) is 0 Å². The van der Waals surface area contributed by atoms with Gasteiger partial charge in [0.15, 0.2) is 6.10 Å². The molecule has 1 atom stereocenters. The first kappa shape index (κ1) is 21.1. The minimum absolute atomic E-state index is 0.133. The van der Waals surface area contributed by atoms with Crippen LogP contribution >= 0.6 is 23.2 Å². The average Bonchev–Trinajstić information content (AvgIpc) is 2.67. The molecular weight excluding hydrogens is 413 g/mol. The van der Waals surface area contributed by atoms with Crippen LogP contribution < -0.4 is 10.3 Å². The van der Waals surface area contributed by atoms with E-state index in [2.05, 4.69) is 9.97 Å². The number of carbonyl (C=O) groups excluding carboxylic acids is 1. The van der Waals surface area contributed by atoms with Crippen LogP contribution in [-0.4, -0.2) is 32.9 Å². The van der Waals surface area contributed by atoms with Gasteiger partial charge in [-0.1, -0.05) is 35.3 Å². The number of nitrogens with one attached hydrogen (secondary N) is 1. The molecule has 0 saturated heterocycles. The molecule has 0 radical (unpaired) electrons. The zero-order valence-electron chi connectivity index (χ0n) is 16.3. The number of amides is 1. The van der Waals surface area contributed by atoms with Crippen molar-refractivity contribution in [2.45, 2.75) is 39.5 Å². The van der Waals surface area contributed by atoms with E-state index in [9.17, 15) is 9.59 Å². The maximum atomic E-state index is 13.0. The predicted octanol–water partition coefficient (Wildman–Crippen LogP) is 4.43. The number of halogens is 2. The van der Waals surface area contributed by atoms with Crippen molar-refractivity contribution in [1.29, 1.82) is 0 Å². The van der Waals surface area contributed by atoms with Gasteiger partial charge in [-0.15, -0.1) is 0 Å². The van der Waals surface area contributed by atoms with E-state index >= 15 is 0 Å². The monoisotopic (exact) mass is 433 g/mol. The molecule has 6 nitrogen and oxygen atoms in total. The zero-order chi connectivity index (χ0) is 21.1. The number of H-pyrrole nitrogens is 1. The number of aromatic amines is 1. The minimum Gasteiger partial charge on any atom is -0.479 e. The molecule has 3 aromatic rings. The minimum atomic E-state index is -0.789. The standard InChI is InChI=1S/C21H21Cl2N3O3/c1-12(2)26(11-19-24-17-7-5-4-6-15(17)20(27)25-19)21(28)13(3)29-18-9-8-14(22)10-16(18)23/h4-10,12-13H,11H2,1-3H3,(H,24,25,27). The van der Waals surface area contributed by atoms with Gasteiger partial charge >= 0.3 is 0 Å². The Morgan fingerprint density at radius 2 is 1.90 bits per heavy atom. The molecule has 1 aromatic heterocycles. The number of para-hydroxylation sites is 1. The van der Waals surface area contributed by atoms with Crippen molar-refractivity contribution in [2.75, 3.05) is 0 Å². The molecule has 29 heavy (non-hydrogen) atoms. The van der Waals surface area contributed by atoms with E-state index in [0.717, 1.165) is 0 Å². The van der Waals surface area contributed by atoms with Crippen molar-refractivity contribution in [2.24, 2.45) is 0 Å². The van der Waals surface area contributed by atoms with Crippen molar-refractivity contribution in [3.8, 4) is 5.75 Å². The van der Waals surface area contributed by atoms with Crippen LogP contribution in [0.15, 0.2) is 47.3 Å². The summed E-state index contributed by atoms with van der Waals surface area (Å²) < 4.78 is 5.75. The number of fused-ring (bicyclic) bond motifs is 1. The van der Waals surface area contributed by atoms with Crippen molar-refractivity contribution in [1.82, 2.24) is 14.9 Å². The van der Waals surface area contributed by atoms with E-state index in [-0.39, 0.29) is 24.1 Å². The Morgan fingerprint density at radius 1 is 1.17 bits per heavy atom. The number of rotatable bonds is 6. The van der Waals surface area contributed by atoms with E-state index in [1.165, 1.54) is 0 Å². The topological polar surface area (TPSA) is 75.3 Å². The third kappa shape index (κ3) is 4.89. The van der Waals surface area contributed by atoms with Gasteiger partial charge in [0, 0.05) is 11.1 Å². The molecule has 0 bridgehead atoms. The summed E-state index contributed by atoms with van der Waals surface area (Å²) >= 11 is 12.0. The van der Waals surface area contributed by atoms with Crippen LogP contribution in [0.1, 0.15) is 26.6 Å². The molecule has 2 aromatic carbocycles. The largest absolute Gasteiger partial charge is 0.479 e. The summed E-state index contributed by atoms with van der Waals surface area (Å²) in [6.45, 7) is 5.58. The molecule has 0 spiro atoms. The number of hydrogen-bond acceptors (Lipinski definition) is 4. The fraction of sp³-hybridized carbons (Fsp3) is 0.286. The highest BCUT2D eigenvalue weighted by Crippen LogP contribution is 2.28. The molecule has 1 heterocycles. The highest BCUT2D eigenvalue weighted by atomic mass is 35.5. The van der Waals surface area contributed by atoms with Crippen LogP contribution in [-0.2, 0) is 11.3 Å².